The second-order valence-electron chi connectivity index (χ2n) is 2.39. The van der Waals surface area contributed by atoms with Gasteiger partial charge in [-0.1, -0.05) is 0 Å². The highest BCUT2D eigenvalue weighted by molar-refractivity contribution is 4.88. The third-order valence-electron chi connectivity index (χ3n) is 1.75. The molecule has 2 atom stereocenters. The Kier molecular flexibility index (Phi) is 1.42. The zero-order chi connectivity index (χ0) is 7.07. The summed E-state index contributed by atoms with van der Waals surface area (Å²) in [6, 6.07) is -0.634. The van der Waals surface area contributed by atoms with Crippen LogP contribution in [0, 0.1) is 5.92 Å². The number of alkyl halides is 3. The molecular weight excluding hydrogens is 131 g/mol. The first kappa shape index (κ1) is 6.86. The molecule has 2 N–H and O–H groups in total. The summed E-state index contributed by atoms with van der Waals surface area (Å²) >= 11 is 0. The van der Waals surface area contributed by atoms with Gasteiger partial charge < -0.3 is 5.73 Å². The van der Waals surface area contributed by atoms with Crippen molar-refractivity contribution in [2.45, 2.75) is 25.1 Å². The molecule has 1 aliphatic carbocycles. The molecule has 4 heteroatoms. The fourth-order valence-electron chi connectivity index (χ4n) is 0.932. The fourth-order valence-corrected chi connectivity index (χ4v) is 0.932. The maximum atomic E-state index is 11.7. The van der Waals surface area contributed by atoms with Gasteiger partial charge in [0.05, 0.1) is 5.92 Å². The molecule has 0 spiro atoms. The smallest absolute Gasteiger partial charge is 0.327 e. The van der Waals surface area contributed by atoms with E-state index in [9.17, 15) is 13.2 Å². The van der Waals surface area contributed by atoms with Crippen LogP contribution in [0.1, 0.15) is 12.8 Å². The van der Waals surface area contributed by atoms with Crippen molar-refractivity contribution in [3.63, 3.8) is 0 Å². The lowest BCUT2D eigenvalue weighted by atomic mass is 9.80. The van der Waals surface area contributed by atoms with Gasteiger partial charge in [0, 0.05) is 6.04 Å². The molecular formula is C5H8F3N. The average molecular weight is 139 g/mol. The monoisotopic (exact) mass is 139 g/mol. The minimum absolute atomic E-state index is 0.213. The minimum atomic E-state index is -4.06. The summed E-state index contributed by atoms with van der Waals surface area (Å²) in [6.45, 7) is 0. The third kappa shape index (κ3) is 1.18. The summed E-state index contributed by atoms with van der Waals surface area (Å²) < 4.78 is 35.0. The summed E-state index contributed by atoms with van der Waals surface area (Å²) in [5.41, 5.74) is 5.09. The Morgan fingerprint density at radius 3 is 1.78 bits per heavy atom. The molecule has 1 unspecified atom stereocenters. The molecule has 0 amide bonds. The Hall–Kier alpha value is -0.250. The zero-order valence-corrected chi connectivity index (χ0v) is 4.78. The highest BCUT2D eigenvalue weighted by Crippen LogP contribution is 2.39. The van der Waals surface area contributed by atoms with E-state index in [-0.39, 0.29) is 6.42 Å². The Balaban J connectivity index is 2.44. The summed E-state index contributed by atoms with van der Waals surface area (Å²) in [6.07, 6.45) is -3.33. The Labute approximate surface area is 51.0 Å². The van der Waals surface area contributed by atoms with Crippen LogP contribution in [0.15, 0.2) is 0 Å². The number of halogens is 3. The van der Waals surface area contributed by atoms with Crippen LogP contribution in [0.2, 0.25) is 0 Å². The van der Waals surface area contributed by atoms with Crippen molar-refractivity contribution >= 4 is 0 Å². The summed E-state index contributed by atoms with van der Waals surface area (Å²) in [5.74, 6) is -1.22. The van der Waals surface area contributed by atoms with Crippen molar-refractivity contribution < 1.29 is 13.2 Å². The van der Waals surface area contributed by atoms with Gasteiger partial charge in [-0.3, -0.25) is 0 Å². The molecule has 1 fully saturated rings. The molecule has 9 heavy (non-hydrogen) atoms. The molecule has 1 nitrogen and oxygen atoms in total. The normalized spacial score (nSPS) is 36.0. The van der Waals surface area contributed by atoms with Crippen molar-refractivity contribution in [2.24, 2.45) is 11.7 Å². The molecule has 0 aliphatic heterocycles. The molecule has 1 aliphatic rings. The second-order valence-corrected chi connectivity index (χ2v) is 2.39. The van der Waals surface area contributed by atoms with E-state index < -0.39 is 18.1 Å². The molecule has 54 valence electrons. The van der Waals surface area contributed by atoms with Crippen molar-refractivity contribution in [3.8, 4) is 0 Å². The molecule has 0 aromatic carbocycles. The van der Waals surface area contributed by atoms with E-state index in [2.05, 4.69) is 0 Å². The Morgan fingerprint density at radius 2 is 1.78 bits per heavy atom. The molecule has 0 aromatic heterocycles. The molecule has 0 bridgehead atoms. The van der Waals surface area contributed by atoms with Crippen LogP contribution >= 0.6 is 0 Å². The summed E-state index contributed by atoms with van der Waals surface area (Å²) in [4.78, 5) is 0. The van der Waals surface area contributed by atoms with E-state index in [1.165, 1.54) is 0 Å². The molecule has 0 heterocycles. The highest BCUT2D eigenvalue weighted by atomic mass is 19.4. The van der Waals surface area contributed by atoms with Gasteiger partial charge in [-0.05, 0) is 12.8 Å². The largest absolute Gasteiger partial charge is 0.393 e. The molecule has 1 rings (SSSR count). The van der Waals surface area contributed by atoms with E-state index in [1.54, 1.807) is 0 Å². The van der Waals surface area contributed by atoms with Gasteiger partial charge in [0.15, 0.2) is 0 Å². The lowest BCUT2D eigenvalue weighted by Gasteiger charge is -2.34. The lowest BCUT2D eigenvalue weighted by molar-refractivity contribution is -0.199. The molecule has 0 saturated heterocycles. The predicted octanol–water partition coefficient (Wildman–Crippen LogP) is 1.29. The number of hydrogen-bond acceptors (Lipinski definition) is 1. The van der Waals surface area contributed by atoms with Crippen LogP contribution in [0.4, 0.5) is 13.2 Å². The van der Waals surface area contributed by atoms with E-state index in [1.807, 2.05) is 0 Å². The number of hydrogen-bond donors (Lipinski definition) is 1. The average Bonchev–Trinajstić information content (AvgIpc) is 1.57. The van der Waals surface area contributed by atoms with E-state index in [0.717, 1.165) is 0 Å². The van der Waals surface area contributed by atoms with Crippen LogP contribution < -0.4 is 5.73 Å². The van der Waals surface area contributed by atoms with Gasteiger partial charge >= 0.3 is 6.18 Å². The SMILES string of the molecule is N[C@@H]1CCC1C(F)(F)F. The van der Waals surface area contributed by atoms with Gasteiger partial charge in [0.2, 0.25) is 0 Å². The first-order valence-corrected chi connectivity index (χ1v) is 2.84. The third-order valence-corrected chi connectivity index (χ3v) is 1.75. The van der Waals surface area contributed by atoms with E-state index >= 15 is 0 Å². The lowest BCUT2D eigenvalue weighted by Crippen LogP contribution is -2.47. The van der Waals surface area contributed by atoms with Gasteiger partial charge in [0.1, 0.15) is 0 Å². The second kappa shape index (κ2) is 1.87. The maximum absolute atomic E-state index is 11.7. The van der Waals surface area contributed by atoms with Crippen LogP contribution in [0.3, 0.4) is 0 Å². The van der Waals surface area contributed by atoms with Crippen molar-refractivity contribution in [3.05, 3.63) is 0 Å². The van der Waals surface area contributed by atoms with Crippen LogP contribution in [0.25, 0.3) is 0 Å². The fraction of sp³-hybridized carbons (Fsp3) is 1.00. The topological polar surface area (TPSA) is 26.0 Å². The van der Waals surface area contributed by atoms with E-state index in [4.69, 9.17) is 5.73 Å². The highest BCUT2D eigenvalue weighted by Gasteiger charge is 2.48. The van der Waals surface area contributed by atoms with E-state index in [0.29, 0.717) is 6.42 Å². The summed E-state index contributed by atoms with van der Waals surface area (Å²) in [5, 5.41) is 0. The first-order valence-electron chi connectivity index (χ1n) is 2.84. The molecule has 0 aromatic rings. The Bertz CT molecular complexity index is 109. The van der Waals surface area contributed by atoms with Crippen molar-refractivity contribution in [1.29, 1.82) is 0 Å². The maximum Gasteiger partial charge on any atom is 0.393 e. The zero-order valence-electron chi connectivity index (χ0n) is 4.78. The van der Waals surface area contributed by atoms with Crippen LogP contribution in [-0.2, 0) is 0 Å². The van der Waals surface area contributed by atoms with Crippen molar-refractivity contribution in [1.82, 2.24) is 0 Å². The first-order chi connectivity index (χ1) is 4.02. The van der Waals surface area contributed by atoms with Crippen LogP contribution in [-0.4, -0.2) is 12.2 Å². The quantitative estimate of drug-likeness (QED) is 0.537. The number of nitrogens with two attached hydrogens (primary N) is 1. The van der Waals surface area contributed by atoms with Gasteiger partial charge in [-0.25, -0.2) is 0 Å². The van der Waals surface area contributed by atoms with Gasteiger partial charge in [-0.15, -0.1) is 0 Å². The van der Waals surface area contributed by atoms with Crippen LogP contribution in [0.5, 0.6) is 0 Å². The molecule has 0 radical (unpaired) electrons. The predicted molar refractivity (Wildman–Crippen MR) is 26.8 cm³/mol. The van der Waals surface area contributed by atoms with Gasteiger partial charge in [0.25, 0.3) is 0 Å². The Morgan fingerprint density at radius 1 is 1.22 bits per heavy atom. The summed E-state index contributed by atoms with van der Waals surface area (Å²) in [7, 11) is 0. The standard InChI is InChI=1S/C5H8F3N/c6-5(7,8)3-1-2-4(3)9/h3-4H,1-2,9H2/t3?,4-/m1/s1. The number of rotatable bonds is 0. The van der Waals surface area contributed by atoms with Gasteiger partial charge in [-0.2, -0.15) is 13.2 Å². The minimum Gasteiger partial charge on any atom is -0.327 e. The molecule has 1 saturated carbocycles. The van der Waals surface area contributed by atoms with Crippen molar-refractivity contribution in [2.75, 3.05) is 0 Å².